The molecule has 0 aliphatic carbocycles. The molecule has 0 aliphatic rings. The Labute approximate surface area is 151 Å². The molecule has 4 aromatic heterocycles. The van der Waals surface area contributed by atoms with E-state index in [1.807, 2.05) is 12.1 Å². The molecule has 132 valence electrons. The number of halogens is 2. The van der Waals surface area contributed by atoms with E-state index in [-0.39, 0.29) is 11.5 Å². The standard InChI is InChI=1S/C17H14F2N6S/c18-17(19,14-3-1-2-5-21-14)9-22-11-8-15(20)24-12-7-13(26-16(11)12)10-4-6-23-25-10/h1-8H,9H2,(H,23,25)(H3,20,22,24). The van der Waals surface area contributed by atoms with Crippen LogP contribution in [-0.2, 0) is 5.92 Å². The zero-order chi connectivity index (χ0) is 18.1. The van der Waals surface area contributed by atoms with Crippen molar-refractivity contribution in [2.24, 2.45) is 0 Å². The van der Waals surface area contributed by atoms with Gasteiger partial charge in [-0.25, -0.2) is 4.98 Å². The van der Waals surface area contributed by atoms with Gasteiger partial charge in [-0.2, -0.15) is 13.9 Å². The summed E-state index contributed by atoms with van der Waals surface area (Å²) in [4.78, 5) is 8.93. The summed E-state index contributed by atoms with van der Waals surface area (Å²) in [6.45, 7) is -0.597. The third-order valence-corrected chi connectivity index (χ3v) is 5.00. The van der Waals surface area contributed by atoms with Crippen LogP contribution in [0.4, 0.5) is 20.3 Å². The van der Waals surface area contributed by atoms with Crippen LogP contribution in [0.2, 0.25) is 0 Å². The lowest BCUT2D eigenvalue weighted by Gasteiger charge is -2.17. The monoisotopic (exact) mass is 372 g/mol. The highest BCUT2D eigenvalue weighted by Crippen LogP contribution is 2.37. The molecule has 0 unspecified atom stereocenters. The molecule has 0 atom stereocenters. The van der Waals surface area contributed by atoms with Gasteiger partial charge in [0.05, 0.1) is 33.0 Å². The summed E-state index contributed by atoms with van der Waals surface area (Å²) in [7, 11) is 0. The van der Waals surface area contributed by atoms with Gasteiger partial charge in [-0.15, -0.1) is 11.3 Å². The Morgan fingerprint density at radius 3 is 2.81 bits per heavy atom. The Hall–Kier alpha value is -3.07. The normalized spacial score (nSPS) is 11.8. The van der Waals surface area contributed by atoms with Crippen LogP contribution in [0.15, 0.2) is 48.8 Å². The number of aromatic amines is 1. The van der Waals surface area contributed by atoms with Crippen molar-refractivity contribution in [2.75, 3.05) is 17.6 Å². The highest BCUT2D eigenvalue weighted by molar-refractivity contribution is 7.22. The van der Waals surface area contributed by atoms with Crippen molar-refractivity contribution in [3.05, 3.63) is 54.5 Å². The molecule has 26 heavy (non-hydrogen) atoms. The topological polar surface area (TPSA) is 92.5 Å². The Balaban J connectivity index is 1.66. The third-order valence-electron chi connectivity index (χ3n) is 3.81. The minimum Gasteiger partial charge on any atom is -0.384 e. The quantitative estimate of drug-likeness (QED) is 0.495. The van der Waals surface area contributed by atoms with Gasteiger partial charge in [0.15, 0.2) is 0 Å². The first kappa shape index (κ1) is 16.4. The van der Waals surface area contributed by atoms with E-state index in [1.165, 1.54) is 29.7 Å². The van der Waals surface area contributed by atoms with Gasteiger partial charge < -0.3 is 11.1 Å². The Morgan fingerprint density at radius 2 is 2.08 bits per heavy atom. The van der Waals surface area contributed by atoms with Crippen LogP contribution in [0.25, 0.3) is 20.8 Å². The van der Waals surface area contributed by atoms with Gasteiger partial charge in [0.25, 0.3) is 0 Å². The lowest BCUT2D eigenvalue weighted by atomic mass is 10.2. The average molecular weight is 372 g/mol. The van der Waals surface area contributed by atoms with E-state index in [2.05, 4.69) is 25.5 Å². The third kappa shape index (κ3) is 3.08. The number of pyridine rings is 2. The largest absolute Gasteiger partial charge is 0.384 e. The van der Waals surface area contributed by atoms with Gasteiger partial charge in [0.2, 0.25) is 0 Å². The van der Waals surface area contributed by atoms with Gasteiger partial charge in [0.1, 0.15) is 11.5 Å². The number of hydrogen-bond acceptors (Lipinski definition) is 6. The van der Waals surface area contributed by atoms with Crippen LogP contribution in [-0.4, -0.2) is 26.7 Å². The fourth-order valence-corrected chi connectivity index (χ4v) is 3.64. The van der Waals surface area contributed by atoms with E-state index in [4.69, 9.17) is 5.73 Å². The van der Waals surface area contributed by atoms with Gasteiger partial charge in [0, 0.05) is 18.5 Å². The second-order valence-electron chi connectivity index (χ2n) is 5.66. The summed E-state index contributed by atoms with van der Waals surface area (Å²) in [6, 6.07) is 9.68. The smallest absolute Gasteiger partial charge is 0.306 e. The molecule has 0 fully saturated rings. The summed E-state index contributed by atoms with van der Waals surface area (Å²) in [5, 5.41) is 9.61. The van der Waals surface area contributed by atoms with E-state index in [9.17, 15) is 8.78 Å². The van der Waals surface area contributed by atoms with Crippen molar-refractivity contribution in [1.29, 1.82) is 0 Å². The first-order valence-corrected chi connectivity index (χ1v) is 8.57. The number of nitrogen functional groups attached to an aromatic ring is 1. The van der Waals surface area contributed by atoms with Crippen LogP contribution in [0.1, 0.15) is 5.69 Å². The van der Waals surface area contributed by atoms with Crippen molar-refractivity contribution in [2.45, 2.75) is 5.92 Å². The number of fused-ring (bicyclic) bond motifs is 1. The number of nitrogens with zero attached hydrogens (tertiary/aromatic N) is 3. The van der Waals surface area contributed by atoms with Gasteiger partial charge >= 0.3 is 5.92 Å². The first-order chi connectivity index (χ1) is 12.5. The Kier molecular flexibility index (Phi) is 4.00. The minimum atomic E-state index is -3.12. The molecule has 4 N–H and O–H groups in total. The zero-order valence-corrected chi connectivity index (χ0v) is 14.2. The molecule has 0 aromatic carbocycles. The van der Waals surface area contributed by atoms with Crippen LogP contribution >= 0.6 is 11.3 Å². The van der Waals surface area contributed by atoms with Gasteiger partial charge in [-0.3, -0.25) is 10.1 Å². The summed E-state index contributed by atoms with van der Waals surface area (Å²) < 4.78 is 29.5. The maximum Gasteiger partial charge on any atom is 0.306 e. The van der Waals surface area contributed by atoms with Crippen molar-refractivity contribution in [3.63, 3.8) is 0 Å². The van der Waals surface area contributed by atoms with Crippen LogP contribution < -0.4 is 11.1 Å². The van der Waals surface area contributed by atoms with Crippen LogP contribution in [0.5, 0.6) is 0 Å². The van der Waals surface area contributed by atoms with Crippen LogP contribution in [0.3, 0.4) is 0 Å². The number of nitrogens with one attached hydrogen (secondary N) is 2. The molecular formula is C17H14F2N6S. The van der Waals surface area contributed by atoms with Crippen LogP contribution in [0, 0.1) is 0 Å². The second kappa shape index (κ2) is 6.34. The molecule has 0 amide bonds. The van der Waals surface area contributed by atoms with Gasteiger partial charge in [-0.1, -0.05) is 6.07 Å². The fraction of sp³-hybridized carbons (Fsp3) is 0.118. The number of alkyl halides is 2. The number of hydrogen-bond donors (Lipinski definition) is 3. The van der Waals surface area contributed by atoms with Crippen molar-refractivity contribution >= 4 is 33.1 Å². The molecule has 4 aromatic rings. The van der Waals surface area contributed by atoms with E-state index in [0.29, 0.717) is 11.2 Å². The maximum atomic E-state index is 14.4. The highest BCUT2D eigenvalue weighted by atomic mass is 32.1. The predicted molar refractivity (Wildman–Crippen MR) is 98.2 cm³/mol. The first-order valence-electron chi connectivity index (χ1n) is 7.76. The Bertz CT molecular complexity index is 1030. The highest BCUT2D eigenvalue weighted by Gasteiger charge is 2.33. The van der Waals surface area contributed by atoms with E-state index >= 15 is 0 Å². The predicted octanol–water partition coefficient (Wildman–Crippen LogP) is 3.87. The van der Waals surface area contributed by atoms with E-state index < -0.39 is 12.5 Å². The fourth-order valence-electron chi connectivity index (χ4n) is 2.58. The molecular weight excluding hydrogens is 358 g/mol. The molecule has 0 spiro atoms. The van der Waals surface area contributed by atoms with Gasteiger partial charge in [-0.05, 0) is 24.3 Å². The molecule has 4 rings (SSSR count). The summed E-state index contributed by atoms with van der Waals surface area (Å²) in [5.41, 5.74) is 7.54. The molecule has 4 heterocycles. The molecule has 0 radical (unpaired) electrons. The molecule has 0 aliphatic heterocycles. The summed E-state index contributed by atoms with van der Waals surface area (Å²) >= 11 is 1.42. The van der Waals surface area contributed by atoms with Crippen molar-refractivity contribution in [3.8, 4) is 10.6 Å². The maximum absolute atomic E-state index is 14.4. The number of H-pyrrole nitrogens is 1. The summed E-state index contributed by atoms with van der Waals surface area (Å²) in [5.74, 6) is -2.86. The SMILES string of the molecule is Nc1cc(NCC(F)(F)c2ccccn2)c2sc(-c3ccn[nH]3)cc2n1. The molecule has 0 saturated heterocycles. The van der Waals surface area contributed by atoms with E-state index in [0.717, 1.165) is 15.3 Å². The zero-order valence-electron chi connectivity index (χ0n) is 13.4. The Morgan fingerprint density at radius 1 is 1.19 bits per heavy atom. The lowest BCUT2D eigenvalue weighted by molar-refractivity contribution is 0.00603. The second-order valence-corrected chi connectivity index (χ2v) is 6.72. The average Bonchev–Trinajstić information content (AvgIpc) is 3.29. The molecule has 0 bridgehead atoms. The van der Waals surface area contributed by atoms with Crippen molar-refractivity contribution in [1.82, 2.24) is 20.2 Å². The number of nitrogens with two attached hydrogens (primary N) is 1. The van der Waals surface area contributed by atoms with E-state index in [1.54, 1.807) is 18.3 Å². The lowest BCUT2D eigenvalue weighted by Crippen LogP contribution is -2.25. The number of aromatic nitrogens is 4. The molecule has 9 heteroatoms. The molecule has 6 nitrogen and oxygen atoms in total. The number of rotatable bonds is 5. The summed E-state index contributed by atoms with van der Waals surface area (Å²) in [6.07, 6.45) is 3.00. The minimum absolute atomic E-state index is 0.259. The molecule has 0 saturated carbocycles. The number of thiophene rings is 1. The van der Waals surface area contributed by atoms with Crippen molar-refractivity contribution < 1.29 is 8.78 Å². The number of anilines is 2.